The Morgan fingerprint density at radius 3 is 2.60 bits per heavy atom. The fourth-order valence-corrected chi connectivity index (χ4v) is 1.44. The van der Waals surface area contributed by atoms with Crippen LogP contribution in [0.5, 0.6) is 5.75 Å². The average molecular weight is 229 g/mol. The highest BCUT2D eigenvalue weighted by atomic mass is 35.5. The zero-order valence-electron chi connectivity index (χ0n) is 8.96. The van der Waals surface area contributed by atoms with Gasteiger partial charge in [-0.1, -0.05) is 11.6 Å². The van der Waals surface area contributed by atoms with Gasteiger partial charge >= 0.3 is 5.97 Å². The minimum atomic E-state index is -0.312. The Hall–Kier alpha value is -1.22. The molecule has 1 rings (SSSR count). The number of carbonyl (C=O) groups is 1. The van der Waals surface area contributed by atoms with E-state index in [0.29, 0.717) is 10.8 Å². The van der Waals surface area contributed by atoms with Crippen LogP contribution in [-0.2, 0) is 16.0 Å². The SMILES string of the molecule is COC(=O)Cc1cc(Cl)c(C)cc1OC. The van der Waals surface area contributed by atoms with E-state index < -0.39 is 0 Å². The third kappa shape index (κ3) is 2.86. The predicted molar refractivity (Wildman–Crippen MR) is 58.5 cm³/mol. The van der Waals surface area contributed by atoms with Crippen molar-refractivity contribution < 1.29 is 14.3 Å². The molecule has 82 valence electrons. The Bertz CT molecular complexity index is 374. The summed E-state index contributed by atoms with van der Waals surface area (Å²) in [4.78, 5) is 11.1. The molecule has 0 bridgehead atoms. The molecule has 0 aliphatic rings. The maximum atomic E-state index is 11.1. The van der Waals surface area contributed by atoms with E-state index >= 15 is 0 Å². The number of ether oxygens (including phenoxy) is 2. The molecule has 0 aliphatic carbocycles. The first-order chi connectivity index (χ1) is 7.08. The number of aryl methyl sites for hydroxylation is 1. The smallest absolute Gasteiger partial charge is 0.310 e. The number of halogens is 1. The van der Waals surface area contributed by atoms with Gasteiger partial charge in [0.25, 0.3) is 0 Å². The molecule has 0 saturated heterocycles. The molecule has 0 spiro atoms. The van der Waals surface area contributed by atoms with Crippen molar-refractivity contribution in [1.82, 2.24) is 0 Å². The van der Waals surface area contributed by atoms with Gasteiger partial charge in [0, 0.05) is 10.6 Å². The summed E-state index contributed by atoms with van der Waals surface area (Å²) >= 11 is 5.96. The Morgan fingerprint density at radius 2 is 2.07 bits per heavy atom. The molecule has 0 aliphatic heterocycles. The lowest BCUT2D eigenvalue weighted by molar-refractivity contribution is -0.139. The fourth-order valence-electron chi connectivity index (χ4n) is 1.25. The van der Waals surface area contributed by atoms with E-state index in [1.807, 2.05) is 6.92 Å². The quantitative estimate of drug-likeness (QED) is 0.746. The van der Waals surface area contributed by atoms with Crippen molar-refractivity contribution >= 4 is 17.6 Å². The molecule has 1 aromatic rings. The van der Waals surface area contributed by atoms with E-state index in [9.17, 15) is 4.79 Å². The molecule has 0 atom stereocenters. The monoisotopic (exact) mass is 228 g/mol. The summed E-state index contributed by atoms with van der Waals surface area (Å²) in [6, 6.07) is 3.53. The molecule has 0 radical (unpaired) electrons. The number of methoxy groups -OCH3 is 2. The summed E-state index contributed by atoms with van der Waals surface area (Å²) in [5, 5.41) is 0.620. The van der Waals surface area contributed by atoms with Gasteiger partial charge in [-0.25, -0.2) is 0 Å². The molecule has 0 saturated carbocycles. The lowest BCUT2D eigenvalue weighted by Crippen LogP contribution is -2.06. The first-order valence-corrected chi connectivity index (χ1v) is 4.86. The third-order valence-electron chi connectivity index (χ3n) is 2.12. The van der Waals surface area contributed by atoms with Crippen LogP contribution in [0.3, 0.4) is 0 Å². The van der Waals surface area contributed by atoms with Gasteiger partial charge in [0.2, 0.25) is 0 Å². The van der Waals surface area contributed by atoms with Gasteiger partial charge in [0.15, 0.2) is 0 Å². The minimum Gasteiger partial charge on any atom is -0.496 e. The average Bonchev–Trinajstić information content (AvgIpc) is 2.22. The normalized spacial score (nSPS) is 9.87. The second kappa shape index (κ2) is 5.03. The highest BCUT2D eigenvalue weighted by Crippen LogP contribution is 2.26. The standard InChI is InChI=1S/C11H13ClO3/c1-7-4-10(14-2)8(5-9(7)12)6-11(13)15-3/h4-5H,6H2,1-3H3. The lowest BCUT2D eigenvalue weighted by atomic mass is 10.1. The molecular weight excluding hydrogens is 216 g/mol. The van der Waals surface area contributed by atoms with Crippen molar-refractivity contribution in [3.63, 3.8) is 0 Å². The number of benzene rings is 1. The van der Waals surface area contributed by atoms with Crippen LogP contribution < -0.4 is 4.74 Å². The van der Waals surface area contributed by atoms with Gasteiger partial charge in [0.05, 0.1) is 20.6 Å². The number of carbonyl (C=O) groups excluding carboxylic acids is 1. The molecule has 0 unspecified atom stereocenters. The van der Waals surface area contributed by atoms with Gasteiger partial charge < -0.3 is 9.47 Å². The molecular formula is C11H13ClO3. The molecule has 0 amide bonds. The van der Waals surface area contributed by atoms with Crippen molar-refractivity contribution in [3.8, 4) is 5.75 Å². The van der Waals surface area contributed by atoms with Crippen LogP contribution in [0.1, 0.15) is 11.1 Å². The van der Waals surface area contributed by atoms with Crippen LogP contribution in [0.4, 0.5) is 0 Å². The zero-order valence-corrected chi connectivity index (χ0v) is 9.72. The lowest BCUT2D eigenvalue weighted by Gasteiger charge is -2.09. The Labute approximate surface area is 93.9 Å². The van der Waals surface area contributed by atoms with E-state index in [4.69, 9.17) is 16.3 Å². The van der Waals surface area contributed by atoms with Crippen molar-refractivity contribution in [2.45, 2.75) is 13.3 Å². The van der Waals surface area contributed by atoms with Crippen LogP contribution in [0.15, 0.2) is 12.1 Å². The minimum absolute atomic E-state index is 0.166. The Kier molecular flexibility index (Phi) is 3.97. The summed E-state index contributed by atoms with van der Waals surface area (Å²) in [6.45, 7) is 1.88. The van der Waals surface area contributed by atoms with Crippen molar-refractivity contribution in [2.24, 2.45) is 0 Å². The summed E-state index contributed by atoms with van der Waals surface area (Å²) in [6.07, 6.45) is 0.166. The maximum absolute atomic E-state index is 11.1. The maximum Gasteiger partial charge on any atom is 0.310 e. The molecule has 0 fully saturated rings. The molecule has 0 heterocycles. The van der Waals surface area contributed by atoms with Crippen molar-refractivity contribution in [1.29, 1.82) is 0 Å². The molecule has 15 heavy (non-hydrogen) atoms. The van der Waals surface area contributed by atoms with Gasteiger partial charge in [-0.3, -0.25) is 4.79 Å². The molecule has 0 N–H and O–H groups in total. The number of hydrogen-bond acceptors (Lipinski definition) is 3. The largest absolute Gasteiger partial charge is 0.496 e. The van der Waals surface area contributed by atoms with E-state index in [2.05, 4.69) is 4.74 Å². The van der Waals surface area contributed by atoms with Crippen LogP contribution in [0.2, 0.25) is 5.02 Å². The van der Waals surface area contributed by atoms with Crippen molar-refractivity contribution in [2.75, 3.05) is 14.2 Å². The van der Waals surface area contributed by atoms with E-state index in [1.54, 1.807) is 19.2 Å². The zero-order chi connectivity index (χ0) is 11.4. The summed E-state index contributed by atoms with van der Waals surface area (Å²) in [7, 11) is 2.91. The summed E-state index contributed by atoms with van der Waals surface area (Å²) in [5.74, 6) is 0.343. The van der Waals surface area contributed by atoms with E-state index in [-0.39, 0.29) is 12.4 Å². The number of esters is 1. The summed E-state index contributed by atoms with van der Waals surface area (Å²) in [5.41, 5.74) is 1.65. The first kappa shape index (κ1) is 11.9. The van der Waals surface area contributed by atoms with Crippen LogP contribution >= 0.6 is 11.6 Å². The Balaban J connectivity index is 3.05. The van der Waals surface area contributed by atoms with Gasteiger partial charge in [0.1, 0.15) is 5.75 Å². The van der Waals surface area contributed by atoms with Crippen LogP contribution in [0, 0.1) is 6.92 Å². The number of rotatable bonds is 3. The summed E-state index contributed by atoms with van der Waals surface area (Å²) < 4.78 is 9.75. The van der Waals surface area contributed by atoms with E-state index in [1.165, 1.54) is 7.11 Å². The molecule has 1 aromatic carbocycles. The van der Waals surface area contributed by atoms with E-state index in [0.717, 1.165) is 11.1 Å². The highest BCUT2D eigenvalue weighted by Gasteiger charge is 2.11. The second-order valence-electron chi connectivity index (χ2n) is 3.17. The predicted octanol–water partition coefficient (Wildman–Crippen LogP) is 2.37. The van der Waals surface area contributed by atoms with Gasteiger partial charge in [-0.05, 0) is 24.6 Å². The molecule has 3 nitrogen and oxygen atoms in total. The number of hydrogen-bond donors (Lipinski definition) is 0. The molecule has 4 heteroatoms. The fraction of sp³-hybridized carbons (Fsp3) is 0.364. The van der Waals surface area contributed by atoms with Gasteiger partial charge in [-0.2, -0.15) is 0 Å². The topological polar surface area (TPSA) is 35.5 Å². The van der Waals surface area contributed by atoms with Crippen LogP contribution in [-0.4, -0.2) is 20.2 Å². The van der Waals surface area contributed by atoms with Crippen molar-refractivity contribution in [3.05, 3.63) is 28.3 Å². The third-order valence-corrected chi connectivity index (χ3v) is 2.53. The second-order valence-corrected chi connectivity index (χ2v) is 3.57. The first-order valence-electron chi connectivity index (χ1n) is 4.48. The van der Waals surface area contributed by atoms with Gasteiger partial charge in [-0.15, -0.1) is 0 Å². The van der Waals surface area contributed by atoms with Crippen LogP contribution in [0.25, 0.3) is 0 Å². The molecule has 0 aromatic heterocycles. The Morgan fingerprint density at radius 1 is 1.40 bits per heavy atom. The highest BCUT2D eigenvalue weighted by molar-refractivity contribution is 6.31.